The monoisotopic (exact) mass is 534 g/mol. The molecule has 0 aliphatic carbocycles. The Hall–Kier alpha value is -4.02. The molecule has 0 fully saturated rings. The van der Waals surface area contributed by atoms with E-state index in [-0.39, 0.29) is 12.2 Å². The SMILES string of the molecule is CCOC(=O)C1=C(C)N=c2sc(=Cc3ccc(-c4ccccc4C(=O)OC)o3)c(=O)n2[C@H]1c1cccs1. The summed E-state index contributed by atoms with van der Waals surface area (Å²) in [6.07, 6.45) is 1.64. The molecule has 0 spiro atoms. The van der Waals surface area contributed by atoms with Gasteiger partial charge < -0.3 is 13.9 Å². The molecule has 5 rings (SSSR count). The molecule has 4 heterocycles. The molecule has 0 saturated carbocycles. The van der Waals surface area contributed by atoms with Gasteiger partial charge in [-0.05, 0) is 43.5 Å². The normalized spacial score (nSPS) is 15.3. The molecule has 0 amide bonds. The lowest BCUT2D eigenvalue weighted by molar-refractivity contribution is -0.139. The van der Waals surface area contributed by atoms with Gasteiger partial charge in [-0.3, -0.25) is 9.36 Å². The molecule has 0 saturated heterocycles. The largest absolute Gasteiger partial charge is 0.465 e. The van der Waals surface area contributed by atoms with Crippen LogP contribution in [0, 0.1) is 0 Å². The molecule has 10 heteroatoms. The molecule has 0 radical (unpaired) electrons. The number of benzene rings is 1. The number of nitrogens with zero attached hydrogens (tertiary/aromatic N) is 2. The van der Waals surface area contributed by atoms with Gasteiger partial charge in [-0.15, -0.1) is 11.3 Å². The average molecular weight is 535 g/mol. The second kappa shape index (κ2) is 10.2. The van der Waals surface area contributed by atoms with Crippen LogP contribution in [0.5, 0.6) is 0 Å². The number of carbonyl (C=O) groups excluding carboxylic acids is 2. The topological polar surface area (TPSA) is 100 Å². The average Bonchev–Trinajstić information content (AvgIpc) is 3.65. The Morgan fingerprint density at radius 1 is 1.14 bits per heavy atom. The molecule has 1 atom stereocenters. The molecule has 0 unspecified atom stereocenters. The van der Waals surface area contributed by atoms with Crippen molar-refractivity contribution in [3.63, 3.8) is 0 Å². The molecule has 37 heavy (non-hydrogen) atoms. The van der Waals surface area contributed by atoms with Crippen molar-refractivity contribution in [2.24, 2.45) is 4.99 Å². The van der Waals surface area contributed by atoms with E-state index in [0.717, 1.165) is 4.88 Å². The first kappa shape index (κ1) is 24.7. The number of hydrogen-bond donors (Lipinski definition) is 0. The number of allylic oxidation sites excluding steroid dienone is 1. The van der Waals surface area contributed by atoms with E-state index in [1.807, 2.05) is 17.5 Å². The summed E-state index contributed by atoms with van der Waals surface area (Å²) in [7, 11) is 1.32. The minimum absolute atomic E-state index is 0.219. The summed E-state index contributed by atoms with van der Waals surface area (Å²) in [5, 5.41) is 1.90. The highest BCUT2D eigenvalue weighted by Crippen LogP contribution is 2.33. The van der Waals surface area contributed by atoms with Gasteiger partial charge in [0.25, 0.3) is 5.56 Å². The van der Waals surface area contributed by atoms with Gasteiger partial charge in [0.15, 0.2) is 4.80 Å². The van der Waals surface area contributed by atoms with Crippen molar-refractivity contribution in [2.75, 3.05) is 13.7 Å². The van der Waals surface area contributed by atoms with E-state index in [1.54, 1.807) is 56.3 Å². The predicted molar refractivity (Wildman–Crippen MR) is 140 cm³/mol. The first-order valence-corrected chi connectivity index (χ1v) is 13.1. The van der Waals surface area contributed by atoms with Gasteiger partial charge in [0.1, 0.15) is 17.6 Å². The number of thiophene rings is 1. The van der Waals surface area contributed by atoms with Crippen molar-refractivity contribution in [1.29, 1.82) is 0 Å². The second-order valence-corrected chi connectivity index (χ2v) is 10.0. The van der Waals surface area contributed by atoms with Gasteiger partial charge in [-0.2, -0.15) is 0 Å². The number of methoxy groups -OCH3 is 1. The van der Waals surface area contributed by atoms with Crippen molar-refractivity contribution in [1.82, 2.24) is 4.57 Å². The Morgan fingerprint density at radius 2 is 1.95 bits per heavy atom. The van der Waals surface area contributed by atoms with E-state index in [9.17, 15) is 14.4 Å². The van der Waals surface area contributed by atoms with Gasteiger partial charge in [0.05, 0.1) is 35.1 Å². The summed E-state index contributed by atoms with van der Waals surface area (Å²) in [6.45, 7) is 3.71. The number of furan rings is 1. The minimum Gasteiger partial charge on any atom is -0.465 e. The number of esters is 2. The van der Waals surface area contributed by atoms with E-state index in [2.05, 4.69) is 4.99 Å². The van der Waals surface area contributed by atoms with Crippen molar-refractivity contribution < 1.29 is 23.5 Å². The quantitative estimate of drug-likeness (QED) is 0.348. The van der Waals surface area contributed by atoms with E-state index in [4.69, 9.17) is 13.9 Å². The number of ether oxygens (including phenoxy) is 2. The maximum absolute atomic E-state index is 13.6. The van der Waals surface area contributed by atoms with Crippen molar-refractivity contribution >= 4 is 40.7 Å². The summed E-state index contributed by atoms with van der Waals surface area (Å²) in [6, 6.07) is 13.6. The molecule has 1 aromatic carbocycles. The number of aromatic nitrogens is 1. The minimum atomic E-state index is -0.628. The molecule has 8 nitrogen and oxygen atoms in total. The van der Waals surface area contributed by atoms with Crippen LogP contribution >= 0.6 is 22.7 Å². The zero-order valence-electron chi connectivity index (χ0n) is 20.2. The third-order valence-corrected chi connectivity index (χ3v) is 7.74. The van der Waals surface area contributed by atoms with Gasteiger partial charge in [-0.1, -0.05) is 35.6 Å². The standard InChI is InChI=1S/C27H22N2O6S2/c1-4-34-26(32)22-15(2)28-27-29(23(22)20-10-7-13-36-20)24(30)21(37-27)14-16-11-12-19(35-16)17-8-5-6-9-18(17)25(31)33-3/h5-14,23H,4H2,1-3H3/t23-/m0/s1. The summed E-state index contributed by atoms with van der Waals surface area (Å²) in [5.74, 6) is -0.0505. The first-order valence-electron chi connectivity index (χ1n) is 11.4. The number of rotatable bonds is 6. The van der Waals surface area contributed by atoms with Gasteiger partial charge in [0, 0.05) is 16.5 Å². The van der Waals surface area contributed by atoms with E-state index in [0.29, 0.717) is 43.3 Å². The zero-order valence-corrected chi connectivity index (χ0v) is 21.9. The molecule has 188 valence electrons. The maximum atomic E-state index is 13.6. The zero-order chi connectivity index (χ0) is 26.1. The highest BCUT2D eigenvalue weighted by molar-refractivity contribution is 7.10. The number of hydrogen-bond acceptors (Lipinski definition) is 9. The summed E-state index contributed by atoms with van der Waals surface area (Å²) in [4.78, 5) is 44.6. The Balaban J connectivity index is 1.61. The molecule has 1 aliphatic rings. The first-order chi connectivity index (χ1) is 17.9. The lowest BCUT2D eigenvalue weighted by Gasteiger charge is -2.23. The predicted octanol–water partition coefficient (Wildman–Crippen LogP) is 3.91. The van der Waals surface area contributed by atoms with Crippen LogP contribution in [-0.2, 0) is 14.3 Å². The Bertz CT molecular complexity index is 1710. The molecule has 4 aromatic rings. The van der Waals surface area contributed by atoms with E-state index in [1.165, 1.54) is 34.4 Å². The fraction of sp³-hybridized carbons (Fsp3) is 0.185. The summed E-state index contributed by atoms with van der Waals surface area (Å²) >= 11 is 2.68. The van der Waals surface area contributed by atoms with Crippen LogP contribution in [-0.4, -0.2) is 30.2 Å². The fourth-order valence-corrected chi connectivity index (χ4v) is 6.05. The van der Waals surface area contributed by atoms with E-state index < -0.39 is 18.0 Å². The fourth-order valence-electron chi connectivity index (χ4n) is 4.20. The van der Waals surface area contributed by atoms with Crippen molar-refractivity contribution in [2.45, 2.75) is 19.9 Å². The van der Waals surface area contributed by atoms with Gasteiger partial charge >= 0.3 is 11.9 Å². The smallest absolute Gasteiger partial charge is 0.338 e. The molecular formula is C27H22N2O6S2. The van der Waals surface area contributed by atoms with Crippen LogP contribution < -0.4 is 14.9 Å². The van der Waals surface area contributed by atoms with Crippen LogP contribution in [0.15, 0.2) is 79.4 Å². The highest BCUT2D eigenvalue weighted by Gasteiger charge is 2.33. The van der Waals surface area contributed by atoms with Crippen LogP contribution in [0.25, 0.3) is 17.4 Å². The third-order valence-electron chi connectivity index (χ3n) is 5.83. The molecule has 3 aromatic heterocycles. The third kappa shape index (κ3) is 4.49. The Kier molecular flexibility index (Phi) is 6.77. The Morgan fingerprint density at radius 3 is 2.68 bits per heavy atom. The van der Waals surface area contributed by atoms with Crippen molar-refractivity contribution in [3.8, 4) is 11.3 Å². The summed E-state index contributed by atoms with van der Waals surface area (Å²) in [5.41, 5.74) is 1.54. The van der Waals surface area contributed by atoms with Crippen LogP contribution in [0.4, 0.5) is 0 Å². The van der Waals surface area contributed by atoms with Gasteiger partial charge in [-0.25, -0.2) is 14.6 Å². The van der Waals surface area contributed by atoms with Gasteiger partial charge in [0.2, 0.25) is 0 Å². The lowest BCUT2D eigenvalue weighted by Crippen LogP contribution is -2.39. The second-order valence-electron chi connectivity index (χ2n) is 8.06. The number of thiazole rings is 1. The van der Waals surface area contributed by atoms with E-state index >= 15 is 0 Å². The van der Waals surface area contributed by atoms with Crippen LogP contribution in [0.2, 0.25) is 0 Å². The molecular weight excluding hydrogens is 512 g/mol. The van der Waals surface area contributed by atoms with Crippen LogP contribution in [0.1, 0.15) is 40.9 Å². The number of fused-ring (bicyclic) bond motifs is 1. The Labute approximate surface area is 219 Å². The van der Waals surface area contributed by atoms with Crippen molar-refractivity contribution in [3.05, 3.63) is 101 Å². The van der Waals surface area contributed by atoms with Crippen LogP contribution in [0.3, 0.4) is 0 Å². The lowest BCUT2D eigenvalue weighted by atomic mass is 10.0. The maximum Gasteiger partial charge on any atom is 0.338 e. The molecule has 1 aliphatic heterocycles. The number of carbonyl (C=O) groups is 2. The summed E-state index contributed by atoms with van der Waals surface area (Å²) < 4.78 is 18.1. The molecule has 0 N–H and O–H groups in total. The highest BCUT2D eigenvalue weighted by atomic mass is 32.1. The molecule has 0 bridgehead atoms.